The molecule has 1 unspecified atom stereocenters. The molecule has 0 N–H and O–H groups in total. The van der Waals surface area contributed by atoms with Gasteiger partial charge in [0.05, 0.1) is 0 Å². The van der Waals surface area contributed by atoms with E-state index in [4.69, 9.17) is 4.74 Å². The number of hydrogen-bond donors (Lipinski definition) is 0. The molecule has 0 amide bonds. The first-order valence-electron chi connectivity index (χ1n) is 5.71. The zero-order valence-electron chi connectivity index (χ0n) is 10.1. The van der Waals surface area contributed by atoms with E-state index >= 15 is 0 Å². The van der Waals surface area contributed by atoms with Crippen LogP contribution in [0.15, 0.2) is 0 Å². The Hall–Kier alpha value is 0.190. The van der Waals surface area contributed by atoms with Crippen LogP contribution in [0.1, 0.15) is 46.5 Å². The van der Waals surface area contributed by atoms with Gasteiger partial charge in [-0.3, -0.25) is 0 Å². The fourth-order valence-corrected chi connectivity index (χ4v) is 4.56. The lowest BCUT2D eigenvalue weighted by Gasteiger charge is -2.23. The summed E-state index contributed by atoms with van der Waals surface area (Å²) in [6.45, 7) is 6.23. The van der Waals surface area contributed by atoms with Crippen LogP contribution in [0.2, 0.25) is 0 Å². The molecule has 0 aromatic carbocycles. The first-order chi connectivity index (χ1) is 6.60. The fourth-order valence-electron chi connectivity index (χ4n) is 1.52. The van der Waals surface area contributed by atoms with E-state index in [1.165, 1.54) is 0 Å². The van der Waals surface area contributed by atoms with Gasteiger partial charge in [0.2, 0.25) is 0 Å². The third kappa shape index (κ3) is 4.61. The van der Waals surface area contributed by atoms with Crippen LogP contribution in [0.25, 0.3) is 0 Å². The maximum Gasteiger partial charge on any atom is 0.115 e. The van der Waals surface area contributed by atoms with Crippen molar-refractivity contribution in [1.82, 2.24) is 0 Å². The Morgan fingerprint density at radius 3 is 1.86 bits per heavy atom. The molecule has 0 bridgehead atoms. The minimum atomic E-state index is -2.07. The molecule has 2 nitrogen and oxygen atoms in total. The summed E-state index contributed by atoms with van der Waals surface area (Å²) in [5.74, 6) is -0.0550. The topological polar surface area (TPSA) is 26.3 Å². The molecule has 0 aliphatic carbocycles. The second kappa shape index (κ2) is 7.48. The van der Waals surface area contributed by atoms with Gasteiger partial charge >= 0.3 is 0 Å². The van der Waals surface area contributed by atoms with Crippen molar-refractivity contribution in [3.8, 4) is 0 Å². The number of ether oxygens (including phenoxy) is 1. The second-order valence-corrected chi connectivity index (χ2v) is 7.47. The highest BCUT2D eigenvalue weighted by molar-refractivity contribution is 7.64. The van der Waals surface area contributed by atoms with Crippen LogP contribution in [0.4, 0.5) is 0 Å². The van der Waals surface area contributed by atoms with Crippen molar-refractivity contribution in [2.45, 2.75) is 52.3 Å². The van der Waals surface area contributed by atoms with Gasteiger partial charge in [0, 0.05) is 19.4 Å². The summed E-state index contributed by atoms with van der Waals surface area (Å²) in [4.78, 5) is 0. The van der Waals surface area contributed by atoms with Crippen molar-refractivity contribution in [3.63, 3.8) is 0 Å². The summed E-state index contributed by atoms with van der Waals surface area (Å²) in [7, 11) is -0.404. The van der Waals surface area contributed by atoms with E-state index in [1.54, 1.807) is 7.11 Å². The van der Waals surface area contributed by atoms with Gasteiger partial charge in [-0.15, -0.1) is 0 Å². The van der Waals surface area contributed by atoms with Crippen LogP contribution in [0.5, 0.6) is 0 Å². The average molecular weight is 220 g/mol. The molecule has 0 rings (SSSR count). The van der Waals surface area contributed by atoms with Crippen LogP contribution >= 0.6 is 7.14 Å². The average Bonchev–Trinajstić information content (AvgIpc) is 2.22. The highest BCUT2D eigenvalue weighted by Gasteiger charge is 2.27. The number of methoxy groups -OCH3 is 1. The molecular weight excluding hydrogens is 195 g/mol. The largest absolute Gasteiger partial charge is 0.374 e. The third-order valence-electron chi connectivity index (χ3n) is 2.78. The quantitative estimate of drug-likeness (QED) is 0.579. The summed E-state index contributed by atoms with van der Waals surface area (Å²) in [6.07, 6.45) is 6.08. The standard InChI is InChI=1S/C11H25O2P/c1-5-7-9-14(12,10-8-6-2)11(3)13-4/h11H,5-10H2,1-4H3. The Morgan fingerprint density at radius 2 is 1.57 bits per heavy atom. The van der Waals surface area contributed by atoms with Crippen LogP contribution in [0, 0.1) is 0 Å². The number of unbranched alkanes of at least 4 members (excludes halogenated alkanes) is 2. The van der Waals surface area contributed by atoms with Gasteiger partial charge in [0.15, 0.2) is 0 Å². The van der Waals surface area contributed by atoms with Crippen molar-refractivity contribution >= 4 is 7.14 Å². The summed E-state index contributed by atoms with van der Waals surface area (Å²) < 4.78 is 17.8. The van der Waals surface area contributed by atoms with Gasteiger partial charge in [0.25, 0.3) is 0 Å². The Morgan fingerprint density at radius 1 is 1.14 bits per heavy atom. The molecule has 1 atom stereocenters. The Kier molecular flexibility index (Phi) is 7.58. The van der Waals surface area contributed by atoms with E-state index in [0.29, 0.717) is 0 Å². The number of hydrogen-bond acceptors (Lipinski definition) is 2. The zero-order valence-corrected chi connectivity index (χ0v) is 11.0. The first kappa shape index (κ1) is 14.2. The summed E-state index contributed by atoms with van der Waals surface area (Å²) in [6, 6.07) is 0. The Balaban J connectivity index is 4.25. The normalized spacial score (nSPS) is 14.3. The van der Waals surface area contributed by atoms with Crippen LogP contribution < -0.4 is 0 Å². The zero-order chi connectivity index (χ0) is 11.0. The minimum absolute atomic E-state index is 0.0550. The first-order valence-corrected chi connectivity index (χ1v) is 7.86. The highest BCUT2D eigenvalue weighted by Crippen LogP contribution is 2.52. The van der Waals surface area contributed by atoms with Gasteiger partial charge in [-0.25, -0.2) is 0 Å². The molecule has 3 heteroatoms. The molecule has 14 heavy (non-hydrogen) atoms. The lowest BCUT2D eigenvalue weighted by atomic mass is 10.4. The smallest absolute Gasteiger partial charge is 0.115 e. The predicted molar refractivity (Wildman–Crippen MR) is 63.6 cm³/mol. The molecule has 0 fully saturated rings. The molecule has 0 saturated carbocycles. The van der Waals surface area contributed by atoms with E-state index in [2.05, 4.69) is 13.8 Å². The lowest BCUT2D eigenvalue weighted by molar-refractivity contribution is 0.176. The third-order valence-corrected chi connectivity index (χ3v) is 6.47. The second-order valence-electron chi connectivity index (χ2n) is 3.94. The summed E-state index contributed by atoms with van der Waals surface area (Å²) in [5, 5.41) is 0. The maximum atomic E-state index is 12.5. The van der Waals surface area contributed by atoms with Crippen molar-refractivity contribution < 1.29 is 9.30 Å². The van der Waals surface area contributed by atoms with E-state index in [0.717, 1.165) is 38.0 Å². The molecule has 0 radical (unpaired) electrons. The van der Waals surface area contributed by atoms with Crippen molar-refractivity contribution in [2.75, 3.05) is 19.4 Å². The molecule has 86 valence electrons. The molecular formula is C11H25O2P. The fraction of sp³-hybridized carbons (Fsp3) is 1.00. The molecule has 0 aliphatic rings. The van der Waals surface area contributed by atoms with Gasteiger partial charge in [0.1, 0.15) is 13.0 Å². The predicted octanol–water partition coefficient (Wildman–Crippen LogP) is 3.94. The highest BCUT2D eigenvalue weighted by atomic mass is 31.2. The van der Waals surface area contributed by atoms with Crippen LogP contribution in [0.3, 0.4) is 0 Å². The van der Waals surface area contributed by atoms with E-state index in [-0.39, 0.29) is 5.85 Å². The van der Waals surface area contributed by atoms with Gasteiger partial charge in [-0.2, -0.15) is 0 Å². The van der Waals surface area contributed by atoms with Gasteiger partial charge in [-0.05, 0) is 19.8 Å². The number of rotatable bonds is 8. The minimum Gasteiger partial charge on any atom is -0.374 e. The van der Waals surface area contributed by atoms with Crippen molar-refractivity contribution in [1.29, 1.82) is 0 Å². The van der Waals surface area contributed by atoms with Gasteiger partial charge < -0.3 is 9.30 Å². The van der Waals surface area contributed by atoms with Gasteiger partial charge in [-0.1, -0.05) is 26.7 Å². The maximum absolute atomic E-state index is 12.5. The molecule has 0 spiro atoms. The van der Waals surface area contributed by atoms with Crippen LogP contribution in [-0.2, 0) is 9.30 Å². The molecule has 0 aromatic heterocycles. The lowest BCUT2D eigenvalue weighted by Crippen LogP contribution is -2.12. The SMILES string of the molecule is CCCCP(=O)(CCCC)C(C)OC. The van der Waals surface area contributed by atoms with E-state index in [1.807, 2.05) is 6.92 Å². The van der Waals surface area contributed by atoms with Crippen molar-refractivity contribution in [3.05, 3.63) is 0 Å². The molecule has 0 aromatic rings. The molecule has 0 aliphatic heterocycles. The van der Waals surface area contributed by atoms with E-state index < -0.39 is 7.14 Å². The van der Waals surface area contributed by atoms with E-state index in [9.17, 15) is 4.57 Å². The molecule has 0 saturated heterocycles. The Labute approximate surface area is 88.8 Å². The monoisotopic (exact) mass is 220 g/mol. The van der Waals surface area contributed by atoms with Crippen LogP contribution in [-0.4, -0.2) is 25.3 Å². The summed E-state index contributed by atoms with van der Waals surface area (Å²) in [5.41, 5.74) is 0. The van der Waals surface area contributed by atoms with Crippen molar-refractivity contribution in [2.24, 2.45) is 0 Å². The molecule has 0 heterocycles. The summed E-state index contributed by atoms with van der Waals surface area (Å²) >= 11 is 0. The Bertz CT molecular complexity index is 168.